The topological polar surface area (TPSA) is 132 Å². The molecule has 2 fully saturated rings. The SMILES string of the molecule is COc1cc(F)ccc1-n1ncc2c(N3C[C@@H]4C[C@H]3C(=O)N(CCCN3CCOCC3)CCCc3c5c(ccc(F)c5nn3C)-c3cccc(n3)N4)ncnc21. The van der Waals surface area contributed by atoms with Gasteiger partial charge < -0.3 is 24.6 Å². The molecule has 7 heterocycles. The van der Waals surface area contributed by atoms with Crippen LogP contribution in [0.1, 0.15) is 25.0 Å². The minimum absolute atomic E-state index is 0.00816. The fourth-order valence-corrected chi connectivity index (χ4v) is 8.46. The summed E-state index contributed by atoms with van der Waals surface area (Å²) < 4.78 is 43.8. The third kappa shape index (κ3) is 6.66. The van der Waals surface area contributed by atoms with Gasteiger partial charge in [0, 0.05) is 75.1 Å². The van der Waals surface area contributed by atoms with Crippen LogP contribution in [0.2, 0.25) is 0 Å². The molecule has 0 unspecified atom stereocenters. The third-order valence-electron chi connectivity index (χ3n) is 11.2. The Hall–Kier alpha value is -5.74. The molecule has 14 nitrogen and oxygen atoms in total. The molecule has 16 heteroatoms. The Bertz CT molecular complexity index is 2410. The number of aryl methyl sites for hydroxylation is 2. The molecule has 0 aliphatic carbocycles. The van der Waals surface area contributed by atoms with Crippen molar-refractivity contribution in [1.82, 2.24) is 44.3 Å². The number of morpholine rings is 1. The number of amides is 1. The van der Waals surface area contributed by atoms with Crippen molar-refractivity contribution in [3.8, 4) is 22.7 Å². The predicted molar refractivity (Wildman–Crippen MR) is 207 cm³/mol. The number of hydrogen-bond acceptors (Lipinski definition) is 11. The average Bonchev–Trinajstić information content (AvgIpc) is 3.93. The number of carbonyl (C=O) groups excluding carboxylic acids is 1. The quantitative estimate of drug-likeness (QED) is 0.245. The average molecular weight is 764 g/mol. The highest BCUT2D eigenvalue weighted by Gasteiger charge is 2.41. The monoisotopic (exact) mass is 763 g/mol. The number of benzene rings is 2. The number of pyridine rings is 1. The number of halogens is 2. The highest BCUT2D eigenvalue weighted by molar-refractivity contribution is 5.97. The van der Waals surface area contributed by atoms with E-state index >= 15 is 9.18 Å². The van der Waals surface area contributed by atoms with Crippen molar-refractivity contribution in [2.75, 3.05) is 69.8 Å². The predicted octanol–water partition coefficient (Wildman–Crippen LogP) is 4.61. The number of fused-ring (bicyclic) bond motifs is 6. The van der Waals surface area contributed by atoms with Crippen molar-refractivity contribution < 1.29 is 23.0 Å². The van der Waals surface area contributed by atoms with Crippen LogP contribution in [0.3, 0.4) is 0 Å². The first-order valence-corrected chi connectivity index (χ1v) is 19.1. The van der Waals surface area contributed by atoms with Crippen LogP contribution in [0.4, 0.5) is 20.4 Å². The lowest BCUT2D eigenvalue weighted by atomic mass is 10.0. The van der Waals surface area contributed by atoms with Crippen molar-refractivity contribution in [3.05, 3.63) is 78.4 Å². The summed E-state index contributed by atoms with van der Waals surface area (Å²) in [7, 11) is 3.32. The van der Waals surface area contributed by atoms with Crippen LogP contribution in [0.15, 0.2) is 61.1 Å². The zero-order chi connectivity index (χ0) is 38.3. The summed E-state index contributed by atoms with van der Waals surface area (Å²) in [5, 5.41) is 14.2. The smallest absolute Gasteiger partial charge is 0.245 e. The number of anilines is 2. The van der Waals surface area contributed by atoms with Gasteiger partial charge in [-0.2, -0.15) is 10.2 Å². The molecule has 290 valence electrons. The summed E-state index contributed by atoms with van der Waals surface area (Å²) in [6, 6.07) is 12.5. The fraction of sp³-hybridized carbons (Fsp3) is 0.400. The van der Waals surface area contributed by atoms with E-state index in [1.807, 2.05) is 30.1 Å². The van der Waals surface area contributed by atoms with Gasteiger partial charge in [-0.1, -0.05) is 6.07 Å². The zero-order valence-corrected chi connectivity index (χ0v) is 31.4. The van der Waals surface area contributed by atoms with E-state index in [1.165, 1.54) is 31.6 Å². The standard InChI is InChI=1S/C40H43F2N11O3/c1-49-32-7-4-14-51(15-5-13-50-16-18-56-19-17-50)40(54)33-21-26(46-35-8-3-6-30(47-35)27-10-11-29(42)37(48-49)36(27)32)23-52(33)38-28-22-45-53(39(28)44-24-43-38)31-12-9-25(41)20-34(31)55-2/h3,6,8-12,20,22,24,26,33H,4-5,7,13-19,21,23H2,1-2H3,(H,46,47)/t26-,33-/m0/s1. The highest BCUT2D eigenvalue weighted by Crippen LogP contribution is 2.36. The van der Waals surface area contributed by atoms with Gasteiger partial charge in [-0.05, 0) is 62.1 Å². The number of ether oxygens (including phenoxy) is 2. The maximum atomic E-state index is 15.2. The van der Waals surface area contributed by atoms with Crippen molar-refractivity contribution in [2.45, 2.75) is 37.8 Å². The maximum Gasteiger partial charge on any atom is 0.245 e. The van der Waals surface area contributed by atoms with E-state index in [2.05, 4.69) is 30.3 Å². The lowest BCUT2D eigenvalue weighted by Gasteiger charge is -2.32. The van der Waals surface area contributed by atoms with Gasteiger partial charge in [0.1, 0.15) is 46.8 Å². The Morgan fingerprint density at radius 1 is 1.04 bits per heavy atom. The second-order valence-electron chi connectivity index (χ2n) is 14.6. The molecule has 6 aromatic rings. The van der Waals surface area contributed by atoms with Gasteiger partial charge in [0.25, 0.3) is 0 Å². The van der Waals surface area contributed by atoms with Crippen LogP contribution in [-0.4, -0.2) is 122 Å². The van der Waals surface area contributed by atoms with Gasteiger partial charge in [-0.3, -0.25) is 14.4 Å². The third-order valence-corrected chi connectivity index (χ3v) is 11.2. The summed E-state index contributed by atoms with van der Waals surface area (Å²) in [5.41, 5.74) is 3.75. The van der Waals surface area contributed by atoms with E-state index in [0.717, 1.165) is 42.7 Å². The van der Waals surface area contributed by atoms with Crippen LogP contribution in [0.25, 0.3) is 38.9 Å². The second-order valence-corrected chi connectivity index (χ2v) is 14.6. The molecule has 2 aromatic carbocycles. The number of aromatic nitrogens is 7. The summed E-state index contributed by atoms with van der Waals surface area (Å²) >= 11 is 0. The molecular weight excluding hydrogens is 721 g/mol. The highest BCUT2D eigenvalue weighted by atomic mass is 19.1. The van der Waals surface area contributed by atoms with Gasteiger partial charge in [0.05, 0.1) is 37.6 Å². The Morgan fingerprint density at radius 2 is 1.91 bits per heavy atom. The molecule has 2 saturated heterocycles. The fourth-order valence-electron chi connectivity index (χ4n) is 8.46. The minimum atomic E-state index is -0.555. The molecule has 4 bridgehead atoms. The Balaban J connectivity index is 1.11. The van der Waals surface area contributed by atoms with E-state index in [1.54, 1.807) is 27.7 Å². The van der Waals surface area contributed by atoms with Gasteiger partial charge in [0.2, 0.25) is 5.91 Å². The molecule has 0 spiro atoms. The second kappa shape index (κ2) is 15.1. The van der Waals surface area contributed by atoms with Crippen LogP contribution in [0.5, 0.6) is 5.75 Å². The van der Waals surface area contributed by atoms with Gasteiger partial charge in [0.15, 0.2) is 11.5 Å². The van der Waals surface area contributed by atoms with E-state index in [0.29, 0.717) is 97.4 Å². The van der Waals surface area contributed by atoms with E-state index < -0.39 is 11.9 Å². The molecule has 1 N–H and O–H groups in total. The van der Waals surface area contributed by atoms with Crippen molar-refractivity contribution in [1.29, 1.82) is 0 Å². The number of rotatable bonds is 7. The largest absolute Gasteiger partial charge is 0.494 e. The summed E-state index contributed by atoms with van der Waals surface area (Å²) in [4.78, 5) is 35.8. The van der Waals surface area contributed by atoms with Crippen molar-refractivity contribution in [2.24, 2.45) is 7.05 Å². The van der Waals surface area contributed by atoms with E-state index in [4.69, 9.17) is 19.4 Å². The lowest BCUT2D eigenvalue weighted by molar-refractivity contribution is -0.132. The molecule has 2 atom stereocenters. The number of hydrogen-bond donors (Lipinski definition) is 1. The van der Waals surface area contributed by atoms with Crippen LogP contribution in [-0.2, 0) is 23.0 Å². The molecule has 0 radical (unpaired) electrons. The first kappa shape index (κ1) is 35.9. The van der Waals surface area contributed by atoms with Crippen molar-refractivity contribution >= 4 is 39.5 Å². The molecule has 3 aliphatic rings. The molecule has 4 aromatic heterocycles. The first-order valence-electron chi connectivity index (χ1n) is 19.1. The normalized spacial score (nSPS) is 19.3. The summed E-state index contributed by atoms with van der Waals surface area (Å²) in [6.45, 7) is 5.58. The lowest BCUT2D eigenvalue weighted by Crippen LogP contribution is -2.47. The molecule has 3 aliphatic heterocycles. The summed E-state index contributed by atoms with van der Waals surface area (Å²) in [5.74, 6) is 0.731. The number of nitrogens with one attached hydrogen (secondary N) is 1. The van der Waals surface area contributed by atoms with Crippen LogP contribution < -0.4 is 15.0 Å². The number of nitrogens with zero attached hydrogens (tertiary/aromatic N) is 10. The first-order chi connectivity index (χ1) is 27.4. The molecule has 56 heavy (non-hydrogen) atoms. The molecule has 1 amide bonds. The van der Waals surface area contributed by atoms with Gasteiger partial charge in [-0.25, -0.2) is 28.4 Å². The molecule has 0 saturated carbocycles. The number of methoxy groups -OCH3 is 1. The Labute approximate surface area is 322 Å². The van der Waals surface area contributed by atoms with Crippen LogP contribution in [0, 0.1) is 11.6 Å². The minimum Gasteiger partial charge on any atom is -0.494 e. The molecular formula is C40H43F2N11O3. The van der Waals surface area contributed by atoms with E-state index in [-0.39, 0.29) is 17.8 Å². The van der Waals surface area contributed by atoms with E-state index in [9.17, 15) is 4.39 Å². The zero-order valence-electron chi connectivity index (χ0n) is 31.4. The number of carbonyl (C=O) groups is 1. The van der Waals surface area contributed by atoms with Gasteiger partial charge >= 0.3 is 0 Å². The van der Waals surface area contributed by atoms with Crippen molar-refractivity contribution in [3.63, 3.8) is 0 Å². The molecule has 9 rings (SSSR count). The Morgan fingerprint density at radius 3 is 2.77 bits per heavy atom. The Kier molecular flexibility index (Phi) is 9.67. The summed E-state index contributed by atoms with van der Waals surface area (Å²) in [6.07, 6.45) is 5.71. The maximum absolute atomic E-state index is 15.2. The van der Waals surface area contributed by atoms with Gasteiger partial charge in [-0.15, -0.1) is 0 Å². The van der Waals surface area contributed by atoms with Crippen LogP contribution >= 0.6 is 0 Å².